The van der Waals surface area contributed by atoms with Crippen LogP contribution in [0.2, 0.25) is 5.02 Å². The van der Waals surface area contributed by atoms with Crippen LogP contribution in [-0.4, -0.2) is 0 Å². The Morgan fingerprint density at radius 1 is 1.00 bits per heavy atom. The Morgan fingerprint density at radius 3 is 2.35 bits per heavy atom. The number of para-hydroxylation sites is 2. The van der Waals surface area contributed by atoms with Crippen LogP contribution in [-0.2, 0) is 6.42 Å². The van der Waals surface area contributed by atoms with Gasteiger partial charge in [-0.05, 0) is 36.6 Å². The van der Waals surface area contributed by atoms with Crippen molar-refractivity contribution in [1.82, 2.24) is 0 Å². The molecule has 0 atom stereocenters. The first-order chi connectivity index (χ1) is 8.31. The van der Waals surface area contributed by atoms with Gasteiger partial charge in [0.15, 0.2) is 0 Å². The summed E-state index contributed by atoms with van der Waals surface area (Å²) in [7, 11) is 0. The number of benzene rings is 2. The van der Waals surface area contributed by atoms with Crippen LogP contribution in [0.5, 0.6) is 11.5 Å². The quantitative estimate of drug-likeness (QED) is 0.745. The highest BCUT2D eigenvalue weighted by molar-refractivity contribution is 6.32. The second-order valence-corrected chi connectivity index (χ2v) is 4.16. The molecule has 0 aliphatic rings. The summed E-state index contributed by atoms with van der Waals surface area (Å²) in [4.78, 5) is 0. The zero-order chi connectivity index (χ0) is 12.1. The fraction of sp³-hybridized carbons (Fsp3) is 0.133. The lowest BCUT2D eigenvalue weighted by atomic mass is 10.1. The lowest BCUT2D eigenvalue weighted by molar-refractivity contribution is 0.477. The van der Waals surface area contributed by atoms with Gasteiger partial charge in [-0.15, -0.1) is 0 Å². The van der Waals surface area contributed by atoms with Crippen LogP contribution in [0.15, 0.2) is 48.5 Å². The molecule has 0 fully saturated rings. The lowest BCUT2D eigenvalue weighted by Gasteiger charge is -2.11. The molecule has 0 unspecified atom stereocenters. The van der Waals surface area contributed by atoms with Crippen molar-refractivity contribution in [2.45, 2.75) is 13.3 Å². The fourth-order valence-electron chi connectivity index (χ4n) is 1.64. The first kappa shape index (κ1) is 12.0. The molecule has 87 valence electrons. The SMILES string of the molecule is C[CH]Cc1ccccc1Oc1ccccc1Cl. The Kier molecular flexibility index (Phi) is 4.05. The average Bonchev–Trinajstić information content (AvgIpc) is 2.35. The van der Waals surface area contributed by atoms with Gasteiger partial charge in [0, 0.05) is 0 Å². The van der Waals surface area contributed by atoms with E-state index < -0.39 is 0 Å². The highest BCUT2D eigenvalue weighted by Gasteiger charge is 2.05. The van der Waals surface area contributed by atoms with E-state index in [0.29, 0.717) is 10.8 Å². The van der Waals surface area contributed by atoms with Crippen molar-refractivity contribution in [2.24, 2.45) is 0 Å². The predicted octanol–water partition coefficient (Wildman–Crippen LogP) is 4.90. The number of ether oxygens (including phenoxy) is 1. The Morgan fingerprint density at radius 2 is 1.65 bits per heavy atom. The minimum atomic E-state index is 0.628. The highest BCUT2D eigenvalue weighted by Crippen LogP contribution is 2.31. The van der Waals surface area contributed by atoms with Crippen molar-refractivity contribution in [3.8, 4) is 11.5 Å². The molecule has 2 aromatic carbocycles. The molecular formula is C15H14ClO. The smallest absolute Gasteiger partial charge is 0.146 e. The van der Waals surface area contributed by atoms with Crippen molar-refractivity contribution >= 4 is 11.6 Å². The van der Waals surface area contributed by atoms with Gasteiger partial charge in [-0.25, -0.2) is 0 Å². The van der Waals surface area contributed by atoms with Crippen LogP contribution in [0.25, 0.3) is 0 Å². The Hall–Kier alpha value is -1.47. The van der Waals surface area contributed by atoms with E-state index in [1.165, 1.54) is 0 Å². The first-order valence-corrected chi connectivity index (χ1v) is 5.97. The molecular weight excluding hydrogens is 232 g/mol. The van der Waals surface area contributed by atoms with E-state index >= 15 is 0 Å². The third-order valence-electron chi connectivity index (χ3n) is 2.45. The van der Waals surface area contributed by atoms with Gasteiger partial charge in [0.1, 0.15) is 11.5 Å². The third-order valence-corrected chi connectivity index (χ3v) is 2.77. The van der Waals surface area contributed by atoms with Crippen LogP contribution < -0.4 is 4.74 Å². The maximum absolute atomic E-state index is 6.07. The molecule has 0 saturated heterocycles. The standard InChI is InChI=1S/C15H14ClO/c1-2-7-12-8-3-5-10-14(12)17-15-11-6-4-9-13(15)16/h2-6,8-11H,7H2,1H3. The summed E-state index contributed by atoms with van der Waals surface area (Å²) < 4.78 is 5.84. The minimum absolute atomic E-state index is 0.628. The zero-order valence-electron chi connectivity index (χ0n) is 9.69. The van der Waals surface area contributed by atoms with Gasteiger partial charge in [-0.3, -0.25) is 0 Å². The van der Waals surface area contributed by atoms with Crippen LogP contribution in [0.3, 0.4) is 0 Å². The maximum atomic E-state index is 6.07. The minimum Gasteiger partial charge on any atom is -0.456 e. The second kappa shape index (κ2) is 5.74. The topological polar surface area (TPSA) is 9.23 Å². The van der Waals surface area contributed by atoms with Gasteiger partial charge in [0.2, 0.25) is 0 Å². The summed E-state index contributed by atoms with van der Waals surface area (Å²) in [6.45, 7) is 2.03. The van der Waals surface area contributed by atoms with E-state index in [4.69, 9.17) is 16.3 Å². The summed E-state index contributed by atoms with van der Waals surface area (Å²) >= 11 is 6.07. The fourth-order valence-corrected chi connectivity index (χ4v) is 1.81. The molecule has 2 rings (SSSR count). The first-order valence-electron chi connectivity index (χ1n) is 5.59. The van der Waals surface area contributed by atoms with E-state index in [0.717, 1.165) is 17.7 Å². The van der Waals surface area contributed by atoms with Gasteiger partial charge < -0.3 is 4.74 Å². The molecule has 0 bridgehead atoms. The largest absolute Gasteiger partial charge is 0.456 e. The van der Waals surface area contributed by atoms with E-state index in [1.807, 2.05) is 49.4 Å². The Bertz CT molecular complexity index is 494. The van der Waals surface area contributed by atoms with Crippen molar-refractivity contribution in [3.63, 3.8) is 0 Å². The molecule has 1 radical (unpaired) electrons. The molecule has 2 aromatic rings. The molecule has 0 aromatic heterocycles. The molecule has 0 N–H and O–H groups in total. The number of hydrogen-bond donors (Lipinski definition) is 0. The van der Waals surface area contributed by atoms with Gasteiger partial charge in [-0.2, -0.15) is 0 Å². The van der Waals surface area contributed by atoms with Crippen LogP contribution >= 0.6 is 11.6 Å². The molecule has 0 aliphatic carbocycles. The number of rotatable bonds is 4. The van der Waals surface area contributed by atoms with E-state index in [2.05, 4.69) is 12.5 Å². The second-order valence-electron chi connectivity index (χ2n) is 3.75. The maximum Gasteiger partial charge on any atom is 0.146 e. The summed E-state index contributed by atoms with van der Waals surface area (Å²) in [5.74, 6) is 1.55. The molecule has 1 nitrogen and oxygen atoms in total. The highest BCUT2D eigenvalue weighted by atomic mass is 35.5. The number of halogens is 1. The molecule has 0 spiro atoms. The van der Waals surface area contributed by atoms with E-state index in [-0.39, 0.29) is 0 Å². The molecule has 0 heterocycles. The molecule has 2 heteroatoms. The average molecular weight is 246 g/mol. The van der Waals surface area contributed by atoms with E-state index in [9.17, 15) is 0 Å². The molecule has 0 aliphatic heterocycles. The summed E-state index contributed by atoms with van der Waals surface area (Å²) in [6, 6.07) is 15.5. The van der Waals surface area contributed by atoms with Crippen LogP contribution in [0.4, 0.5) is 0 Å². The van der Waals surface area contributed by atoms with Crippen LogP contribution in [0.1, 0.15) is 12.5 Å². The van der Waals surface area contributed by atoms with Gasteiger partial charge >= 0.3 is 0 Å². The third kappa shape index (κ3) is 3.01. The predicted molar refractivity (Wildman–Crippen MR) is 71.6 cm³/mol. The normalized spacial score (nSPS) is 10.2. The van der Waals surface area contributed by atoms with Crippen molar-refractivity contribution < 1.29 is 4.74 Å². The molecule has 17 heavy (non-hydrogen) atoms. The van der Waals surface area contributed by atoms with E-state index in [1.54, 1.807) is 0 Å². The van der Waals surface area contributed by atoms with Gasteiger partial charge in [-0.1, -0.05) is 48.9 Å². The van der Waals surface area contributed by atoms with Gasteiger partial charge in [0.25, 0.3) is 0 Å². The zero-order valence-corrected chi connectivity index (χ0v) is 10.4. The van der Waals surface area contributed by atoms with Crippen molar-refractivity contribution in [1.29, 1.82) is 0 Å². The summed E-state index contributed by atoms with van der Waals surface area (Å²) in [5, 5.41) is 0.628. The van der Waals surface area contributed by atoms with Crippen molar-refractivity contribution in [2.75, 3.05) is 0 Å². The monoisotopic (exact) mass is 245 g/mol. The van der Waals surface area contributed by atoms with Gasteiger partial charge in [0.05, 0.1) is 5.02 Å². The lowest BCUT2D eigenvalue weighted by Crippen LogP contribution is -1.91. The number of hydrogen-bond acceptors (Lipinski definition) is 1. The Balaban J connectivity index is 2.27. The molecule has 0 amide bonds. The molecule has 0 saturated carbocycles. The Labute approximate surface area is 107 Å². The van der Waals surface area contributed by atoms with Crippen LogP contribution in [0, 0.1) is 6.42 Å². The summed E-state index contributed by atoms with van der Waals surface area (Å²) in [5.41, 5.74) is 1.16. The summed E-state index contributed by atoms with van der Waals surface area (Å²) in [6.07, 6.45) is 3.00. The van der Waals surface area contributed by atoms with Crippen molar-refractivity contribution in [3.05, 3.63) is 65.5 Å².